The largest absolute Gasteiger partial charge is 0.480 e. The van der Waals surface area contributed by atoms with Gasteiger partial charge in [0.2, 0.25) is 5.91 Å². The molecule has 0 atom stereocenters. The van der Waals surface area contributed by atoms with Crippen LogP contribution in [-0.4, -0.2) is 42.0 Å². The highest BCUT2D eigenvalue weighted by Gasteiger charge is 2.19. The molecule has 0 bridgehead atoms. The van der Waals surface area contributed by atoms with E-state index in [4.69, 9.17) is 5.11 Å². The number of carbonyl (C=O) groups is 2. The Morgan fingerprint density at radius 1 is 1.20 bits per heavy atom. The van der Waals surface area contributed by atoms with Gasteiger partial charge in [-0.15, -0.1) is 0 Å². The second kappa shape index (κ2) is 6.52. The second-order valence-corrected chi connectivity index (χ2v) is 5.91. The molecule has 1 aromatic carbocycles. The van der Waals surface area contributed by atoms with E-state index in [1.807, 2.05) is 24.3 Å². The first-order valence-corrected chi connectivity index (χ1v) is 6.50. The summed E-state index contributed by atoms with van der Waals surface area (Å²) in [5, 5.41) is 11.5. The zero-order valence-electron chi connectivity index (χ0n) is 12.4. The molecule has 1 rings (SSSR count). The standard InChI is InChI=1S/C15H22N2O3/c1-15(2,3)11-7-5-6-8-12(11)16-13(18)9-17(4)10-14(19)20/h5-8H,9-10H2,1-4H3,(H,16,18)(H,19,20). The predicted molar refractivity (Wildman–Crippen MR) is 78.9 cm³/mol. The average molecular weight is 278 g/mol. The predicted octanol–water partition coefficient (Wildman–Crippen LogP) is 1.94. The van der Waals surface area contributed by atoms with Gasteiger partial charge in [0, 0.05) is 5.69 Å². The van der Waals surface area contributed by atoms with Crippen molar-refractivity contribution in [1.29, 1.82) is 0 Å². The monoisotopic (exact) mass is 278 g/mol. The van der Waals surface area contributed by atoms with Gasteiger partial charge in [-0.05, 0) is 24.1 Å². The third-order valence-corrected chi connectivity index (χ3v) is 2.83. The summed E-state index contributed by atoms with van der Waals surface area (Å²) in [7, 11) is 1.60. The van der Waals surface area contributed by atoms with Gasteiger partial charge in [0.25, 0.3) is 0 Å². The van der Waals surface area contributed by atoms with Crippen LogP contribution in [-0.2, 0) is 15.0 Å². The van der Waals surface area contributed by atoms with E-state index in [1.54, 1.807) is 7.05 Å². The van der Waals surface area contributed by atoms with Gasteiger partial charge in [-0.3, -0.25) is 14.5 Å². The molecular formula is C15H22N2O3. The van der Waals surface area contributed by atoms with Crippen LogP contribution in [0.15, 0.2) is 24.3 Å². The fraction of sp³-hybridized carbons (Fsp3) is 0.467. The highest BCUT2D eigenvalue weighted by atomic mass is 16.4. The molecule has 0 aliphatic heterocycles. The molecule has 1 amide bonds. The van der Waals surface area contributed by atoms with Gasteiger partial charge in [0.05, 0.1) is 13.1 Å². The number of benzene rings is 1. The van der Waals surface area contributed by atoms with Crippen LogP contribution >= 0.6 is 0 Å². The number of hydrogen-bond donors (Lipinski definition) is 2. The molecule has 0 heterocycles. The molecule has 110 valence electrons. The lowest BCUT2D eigenvalue weighted by molar-refractivity contribution is -0.138. The van der Waals surface area contributed by atoms with Gasteiger partial charge in [-0.1, -0.05) is 39.0 Å². The molecule has 0 spiro atoms. The summed E-state index contributed by atoms with van der Waals surface area (Å²) in [5.41, 5.74) is 1.75. The lowest BCUT2D eigenvalue weighted by Gasteiger charge is -2.23. The minimum absolute atomic E-state index is 0.0464. The zero-order chi connectivity index (χ0) is 15.3. The van der Waals surface area contributed by atoms with Crippen LogP contribution < -0.4 is 5.32 Å². The number of carbonyl (C=O) groups excluding carboxylic acids is 1. The summed E-state index contributed by atoms with van der Waals surface area (Å²) in [4.78, 5) is 24.0. The van der Waals surface area contributed by atoms with Crippen LogP contribution in [0.5, 0.6) is 0 Å². The average Bonchev–Trinajstić information content (AvgIpc) is 2.26. The van der Waals surface area contributed by atoms with E-state index in [9.17, 15) is 9.59 Å². The van der Waals surface area contributed by atoms with E-state index < -0.39 is 5.97 Å². The first-order valence-electron chi connectivity index (χ1n) is 6.50. The molecule has 0 aliphatic carbocycles. The van der Waals surface area contributed by atoms with Crippen molar-refractivity contribution in [3.8, 4) is 0 Å². The van der Waals surface area contributed by atoms with E-state index in [-0.39, 0.29) is 24.4 Å². The van der Waals surface area contributed by atoms with Crippen molar-refractivity contribution < 1.29 is 14.7 Å². The Morgan fingerprint density at radius 2 is 1.80 bits per heavy atom. The summed E-state index contributed by atoms with van der Waals surface area (Å²) in [6.45, 7) is 6.12. The molecule has 0 saturated heterocycles. The molecule has 5 nitrogen and oxygen atoms in total. The number of carboxylic acid groups (broad SMARTS) is 1. The summed E-state index contributed by atoms with van der Waals surface area (Å²) in [6.07, 6.45) is 0. The fourth-order valence-electron chi connectivity index (χ4n) is 1.97. The minimum atomic E-state index is -0.949. The minimum Gasteiger partial charge on any atom is -0.480 e. The van der Waals surface area contributed by atoms with Crippen molar-refractivity contribution in [1.82, 2.24) is 4.90 Å². The molecule has 0 saturated carbocycles. The van der Waals surface area contributed by atoms with E-state index in [0.717, 1.165) is 11.3 Å². The van der Waals surface area contributed by atoms with Gasteiger partial charge in [-0.2, -0.15) is 0 Å². The zero-order valence-corrected chi connectivity index (χ0v) is 12.4. The summed E-state index contributed by atoms with van der Waals surface area (Å²) in [6, 6.07) is 7.64. The maximum Gasteiger partial charge on any atom is 0.317 e. The lowest BCUT2D eigenvalue weighted by Crippen LogP contribution is -2.34. The van der Waals surface area contributed by atoms with Crippen LogP contribution in [0, 0.1) is 0 Å². The first kappa shape index (κ1) is 16.2. The van der Waals surface area contributed by atoms with E-state index in [2.05, 4.69) is 26.1 Å². The SMILES string of the molecule is CN(CC(=O)O)CC(=O)Nc1ccccc1C(C)(C)C. The summed E-state index contributed by atoms with van der Waals surface area (Å²) < 4.78 is 0. The quantitative estimate of drug-likeness (QED) is 0.863. The lowest BCUT2D eigenvalue weighted by atomic mass is 9.86. The number of anilines is 1. The third-order valence-electron chi connectivity index (χ3n) is 2.83. The third kappa shape index (κ3) is 5.01. The molecular weight excluding hydrogens is 256 g/mol. The maximum absolute atomic E-state index is 11.9. The number of nitrogens with zero attached hydrogens (tertiary/aromatic N) is 1. The van der Waals surface area contributed by atoms with Crippen LogP contribution in [0.2, 0.25) is 0 Å². The topological polar surface area (TPSA) is 69.6 Å². The molecule has 0 fully saturated rings. The summed E-state index contributed by atoms with van der Waals surface area (Å²) >= 11 is 0. The van der Waals surface area contributed by atoms with Crippen LogP contribution in [0.4, 0.5) is 5.69 Å². The Labute approximate surface area is 119 Å². The summed E-state index contributed by atoms with van der Waals surface area (Å²) in [5.74, 6) is -1.17. The van der Waals surface area contributed by atoms with E-state index in [0.29, 0.717) is 0 Å². The number of aliphatic carboxylic acids is 1. The normalized spacial score (nSPS) is 11.4. The number of para-hydroxylation sites is 1. The Kier molecular flexibility index (Phi) is 5.27. The fourth-order valence-corrected chi connectivity index (χ4v) is 1.97. The molecule has 0 aromatic heterocycles. The molecule has 1 aromatic rings. The molecule has 20 heavy (non-hydrogen) atoms. The molecule has 5 heteroatoms. The number of amides is 1. The number of carboxylic acids is 1. The highest BCUT2D eigenvalue weighted by Crippen LogP contribution is 2.29. The van der Waals surface area contributed by atoms with Gasteiger partial charge < -0.3 is 10.4 Å². The Bertz CT molecular complexity index is 492. The van der Waals surface area contributed by atoms with Crippen LogP contribution in [0.25, 0.3) is 0 Å². The Morgan fingerprint density at radius 3 is 2.35 bits per heavy atom. The molecule has 2 N–H and O–H groups in total. The Hall–Kier alpha value is -1.88. The number of nitrogens with one attached hydrogen (secondary N) is 1. The van der Waals surface area contributed by atoms with Gasteiger partial charge in [0.1, 0.15) is 0 Å². The van der Waals surface area contributed by atoms with Crippen molar-refractivity contribution in [2.24, 2.45) is 0 Å². The second-order valence-electron chi connectivity index (χ2n) is 5.91. The van der Waals surface area contributed by atoms with Crippen LogP contribution in [0.3, 0.4) is 0 Å². The number of likely N-dealkylation sites (N-methyl/N-ethyl adjacent to an activating group) is 1. The van der Waals surface area contributed by atoms with Crippen molar-refractivity contribution in [2.45, 2.75) is 26.2 Å². The number of hydrogen-bond acceptors (Lipinski definition) is 3. The van der Waals surface area contributed by atoms with Crippen molar-refractivity contribution in [3.63, 3.8) is 0 Å². The molecule has 0 unspecified atom stereocenters. The van der Waals surface area contributed by atoms with E-state index >= 15 is 0 Å². The molecule has 0 radical (unpaired) electrons. The van der Waals surface area contributed by atoms with Crippen molar-refractivity contribution >= 4 is 17.6 Å². The van der Waals surface area contributed by atoms with Gasteiger partial charge in [0.15, 0.2) is 0 Å². The highest BCUT2D eigenvalue weighted by molar-refractivity contribution is 5.93. The van der Waals surface area contributed by atoms with Crippen LogP contribution in [0.1, 0.15) is 26.3 Å². The maximum atomic E-state index is 11.9. The van der Waals surface area contributed by atoms with Crippen molar-refractivity contribution in [2.75, 3.05) is 25.5 Å². The van der Waals surface area contributed by atoms with Gasteiger partial charge >= 0.3 is 5.97 Å². The van der Waals surface area contributed by atoms with Gasteiger partial charge in [-0.25, -0.2) is 0 Å². The number of rotatable bonds is 5. The molecule has 0 aliphatic rings. The first-order chi connectivity index (χ1) is 9.20. The van der Waals surface area contributed by atoms with Crippen molar-refractivity contribution in [3.05, 3.63) is 29.8 Å². The van der Waals surface area contributed by atoms with E-state index in [1.165, 1.54) is 4.90 Å². The smallest absolute Gasteiger partial charge is 0.317 e. The Balaban J connectivity index is 2.74.